The number of hydrogen-bond donors (Lipinski definition) is 2. The lowest BCUT2D eigenvalue weighted by Gasteiger charge is -2.36. The zero-order valence-corrected chi connectivity index (χ0v) is 12.2. The molecule has 0 saturated carbocycles. The highest BCUT2D eigenvalue weighted by atomic mass is 16.6. The highest BCUT2D eigenvalue weighted by molar-refractivity contribution is 5.95. The first-order chi connectivity index (χ1) is 10.1. The van der Waals surface area contributed by atoms with Crippen LogP contribution in [0, 0.1) is 15.5 Å². The topological polar surface area (TPSA) is 84.3 Å². The number of rotatable bonds is 5. The molecule has 1 aliphatic heterocycles. The quantitative estimate of drug-likeness (QED) is 0.645. The lowest BCUT2D eigenvalue weighted by molar-refractivity contribution is -0.384. The Balaban J connectivity index is 2.15. The molecule has 1 heterocycles. The number of benzene rings is 1. The van der Waals surface area contributed by atoms with Gasteiger partial charge in [-0.1, -0.05) is 19.4 Å². The molecule has 6 heteroatoms. The van der Waals surface area contributed by atoms with Gasteiger partial charge in [-0.3, -0.25) is 14.9 Å². The first-order valence-corrected chi connectivity index (χ1v) is 7.34. The molecule has 6 nitrogen and oxygen atoms in total. The van der Waals surface area contributed by atoms with E-state index in [2.05, 4.69) is 17.6 Å². The summed E-state index contributed by atoms with van der Waals surface area (Å²) in [5.41, 5.74) is 0.121. The molecule has 2 rings (SSSR count). The molecule has 0 aromatic heterocycles. The number of nitro benzene ring substituents is 1. The van der Waals surface area contributed by atoms with Crippen molar-refractivity contribution in [1.29, 1.82) is 0 Å². The van der Waals surface area contributed by atoms with Gasteiger partial charge in [-0.15, -0.1) is 0 Å². The summed E-state index contributed by atoms with van der Waals surface area (Å²) in [6.07, 6.45) is 3.40. The highest BCUT2D eigenvalue weighted by Gasteiger charge is 2.38. The molecule has 0 bridgehead atoms. The maximum atomic E-state index is 12.7. The molecule has 0 unspecified atom stereocenters. The Morgan fingerprint density at radius 2 is 2.14 bits per heavy atom. The number of non-ortho nitro benzene ring substituents is 1. The lowest BCUT2D eigenvalue weighted by Crippen LogP contribution is -2.44. The van der Waals surface area contributed by atoms with E-state index in [1.807, 2.05) is 0 Å². The van der Waals surface area contributed by atoms with Gasteiger partial charge in [0.1, 0.15) is 0 Å². The monoisotopic (exact) mass is 291 g/mol. The number of carbonyl (C=O) groups excluding carboxylic acids is 1. The molecule has 21 heavy (non-hydrogen) atoms. The summed E-state index contributed by atoms with van der Waals surface area (Å²) in [7, 11) is 0. The Labute approximate surface area is 124 Å². The Morgan fingerprint density at radius 3 is 2.76 bits per heavy atom. The first kappa shape index (κ1) is 15.4. The minimum Gasteiger partial charge on any atom is -0.325 e. The van der Waals surface area contributed by atoms with Crippen molar-refractivity contribution in [2.24, 2.45) is 5.41 Å². The first-order valence-electron chi connectivity index (χ1n) is 7.34. The van der Waals surface area contributed by atoms with Crippen LogP contribution in [0.5, 0.6) is 0 Å². The summed E-state index contributed by atoms with van der Waals surface area (Å²) in [5.74, 6) is -0.0219. The Kier molecular flexibility index (Phi) is 4.90. The molecule has 0 spiro atoms. The van der Waals surface area contributed by atoms with E-state index in [0.717, 1.165) is 38.8 Å². The normalized spacial score (nSPS) is 17.2. The van der Waals surface area contributed by atoms with Gasteiger partial charge >= 0.3 is 0 Å². The van der Waals surface area contributed by atoms with Crippen LogP contribution in [-0.4, -0.2) is 23.9 Å². The summed E-state index contributed by atoms with van der Waals surface area (Å²) >= 11 is 0. The van der Waals surface area contributed by atoms with Gasteiger partial charge in [0.15, 0.2) is 0 Å². The van der Waals surface area contributed by atoms with E-state index in [9.17, 15) is 14.9 Å². The van der Waals surface area contributed by atoms with Crippen LogP contribution in [0.1, 0.15) is 32.6 Å². The number of nitro groups is 1. The number of piperidine rings is 1. The second-order valence-electron chi connectivity index (χ2n) is 5.54. The van der Waals surface area contributed by atoms with Crippen molar-refractivity contribution in [3.05, 3.63) is 34.4 Å². The van der Waals surface area contributed by atoms with Crippen LogP contribution in [0.2, 0.25) is 0 Å². The van der Waals surface area contributed by atoms with E-state index in [1.54, 1.807) is 12.1 Å². The second kappa shape index (κ2) is 6.67. The smallest absolute Gasteiger partial charge is 0.271 e. The number of hydrogen-bond acceptors (Lipinski definition) is 4. The lowest BCUT2D eigenvalue weighted by atomic mass is 9.74. The molecular weight excluding hydrogens is 270 g/mol. The van der Waals surface area contributed by atoms with Gasteiger partial charge in [0.05, 0.1) is 10.3 Å². The van der Waals surface area contributed by atoms with E-state index in [4.69, 9.17) is 0 Å². The zero-order chi connectivity index (χ0) is 15.3. The van der Waals surface area contributed by atoms with Gasteiger partial charge in [0, 0.05) is 17.8 Å². The van der Waals surface area contributed by atoms with Crippen molar-refractivity contribution in [3.63, 3.8) is 0 Å². The molecule has 2 N–H and O–H groups in total. The van der Waals surface area contributed by atoms with Gasteiger partial charge in [-0.05, 0) is 38.4 Å². The fraction of sp³-hybridized carbons (Fsp3) is 0.533. The van der Waals surface area contributed by atoms with E-state index in [1.165, 1.54) is 12.1 Å². The van der Waals surface area contributed by atoms with Crippen molar-refractivity contribution < 1.29 is 9.72 Å². The van der Waals surface area contributed by atoms with E-state index in [0.29, 0.717) is 5.69 Å². The van der Waals surface area contributed by atoms with E-state index < -0.39 is 4.92 Å². The van der Waals surface area contributed by atoms with Crippen LogP contribution < -0.4 is 10.6 Å². The zero-order valence-electron chi connectivity index (χ0n) is 12.2. The van der Waals surface area contributed by atoms with Crippen molar-refractivity contribution in [2.75, 3.05) is 18.4 Å². The minimum absolute atomic E-state index is 0.0114. The van der Waals surface area contributed by atoms with Crippen LogP contribution in [0.15, 0.2) is 24.3 Å². The third kappa shape index (κ3) is 3.58. The summed E-state index contributed by atoms with van der Waals surface area (Å²) in [6, 6.07) is 6.09. The number of nitrogens with one attached hydrogen (secondary N) is 2. The van der Waals surface area contributed by atoms with Gasteiger partial charge in [-0.2, -0.15) is 0 Å². The van der Waals surface area contributed by atoms with E-state index >= 15 is 0 Å². The number of nitrogens with zero attached hydrogens (tertiary/aromatic N) is 1. The molecular formula is C15H21N3O3. The van der Waals surface area contributed by atoms with Crippen LogP contribution in [0.3, 0.4) is 0 Å². The molecule has 0 radical (unpaired) electrons. The molecule has 0 aliphatic carbocycles. The number of amides is 1. The summed E-state index contributed by atoms with van der Waals surface area (Å²) in [4.78, 5) is 23.0. The van der Waals surface area contributed by atoms with Gasteiger partial charge < -0.3 is 10.6 Å². The average Bonchev–Trinajstić information content (AvgIpc) is 2.48. The average molecular weight is 291 g/mol. The molecule has 1 aromatic rings. The molecule has 1 amide bonds. The third-order valence-corrected chi connectivity index (χ3v) is 4.09. The van der Waals surface area contributed by atoms with Crippen molar-refractivity contribution >= 4 is 17.3 Å². The Hall–Kier alpha value is -1.95. The number of carbonyl (C=O) groups is 1. The van der Waals surface area contributed by atoms with Crippen LogP contribution in [0.25, 0.3) is 0 Å². The maximum Gasteiger partial charge on any atom is 0.271 e. The molecule has 1 aliphatic rings. The third-order valence-electron chi connectivity index (χ3n) is 4.09. The Morgan fingerprint density at radius 1 is 1.43 bits per heavy atom. The predicted molar refractivity (Wildman–Crippen MR) is 81.2 cm³/mol. The van der Waals surface area contributed by atoms with Crippen LogP contribution >= 0.6 is 0 Å². The van der Waals surface area contributed by atoms with Crippen molar-refractivity contribution in [1.82, 2.24) is 5.32 Å². The van der Waals surface area contributed by atoms with Crippen LogP contribution in [0.4, 0.5) is 11.4 Å². The fourth-order valence-electron chi connectivity index (χ4n) is 2.94. The van der Waals surface area contributed by atoms with Crippen molar-refractivity contribution in [3.8, 4) is 0 Å². The fourth-order valence-corrected chi connectivity index (χ4v) is 2.94. The summed E-state index contributed by atoms with van der Waals surface area (Å²) in [6.45, 7) is 3.75. The van der Waals surface area contributed by atoms with E-state index in [-0.39, 0.29) is 17.0 Å². The second-order valence-corrected chi connectivity index (χ2v) is 5.54. The SMILES string of the molecule is CCCC1(C(=O)Nc2cccc([N+](=O)[O-])c2)CCNCC1. The minimum atomic E-state index is -0.456. The summed E-state index contributed by atoms with van der Waals surface area (Å²) in [5, 5.41) is 16.9. The van der Waals surface area contributed by atoms with Gasteiger partial charge in [0.25, 0.3) is 5.69 Å². The van der Waals surface area contributed by atoms with Gasteiger partial charge in [0.2, 0.25) is 5.91 Å². The molecule has 114 valence electrons. The molecule has 1 aromatic carbocycles. The molecule has 1 saturated heterocycles. The maximum absolute atomic E-state index is 12.7. The summed E-state index contributed by atoms with van der Waals surface area (Å²) < 4.78 is 0. The predicted octanol–water partition coefficient (Wildman–Crippen LogP) is 2.70. The Bertz CT molecular complexity index is 519. The molecule has 1 fully saturated rings. The standard InChI is InChI=1S/C15H21N3O3/c1-2-6-15(7-9-16-10-8-15)14(19)17-12-4-3-5-13(11-12)18(20)21/h3-5,11,16H,2,6-10H2,1H3,(H,17,19). The van der Waals surface area contributed by atoms with Gasteiger partial charge in [-0.25, -0.2) is 0 Å². The molecule has 0 atom stereocenters. The van der Waals surface area contributed by atoms with Crippen LogP contribution in [-0.2, 0) is 4.79 Å². The number of anilines is 1. The largest absolute Gasteiger partial charge is 0.325 e. The van der Waals surface area contributed by atoms with Crippen molar-refractivity contribution in [2.45, 2.75) is 32.6 Å². The highest BCUT2D eigenvalue weighted by Crippen LogP contribution is 2.35.